The van der Waals surface area contributed by atoms with Gasteiger partial charge in [0, 0.05) is 88.8 Å². The highest BCUT2D eigenvalue weighted by atomic mass is 19.1. The molecule has 5 aliphatic rings. The van der Waals surface area contributed by atoms with Crippen LogP contribution in [-0.4, -0.2) is 145 Å². The number of halogens is 2. The first-order valence-electron chi connectivity index (χ1n) is 24.7. The van der Waals surface area contributed by atoms with Crippen molar-refractivity contribution in [2.75, 3.05) is 81.5 Å². The molecule has 4 aliphatic heterocycles. The Morgan fingerprint density at radius 1 is 0.887 bits per heavy atom. The van der Waals surface area contributed by atoms with Crippen molar-refractivity contribution in [3.05, 3.63) is 53.3 Å². The number of aromatic nitrogens is 7. The third-order valence-corrected chi connectivity index (χ3v) is 14.5. The van der Waals surface area contributed by atoms with Crippen molar-refractivity contribution in [3.8, 4) is 22.8 Å². The lowest BCUT2D eigenvalue weighted by atomic mass is 9.89. The smallest absolute Gasteiger partial charge is 0.410 e. The van der Waals surface area contributed by atoms with Crippen LogP contribution >= 0.6 is 0 Å². The molecule has 0 bridgehead atoms. The maximum absolute atomic E-state index is 15.3. The fourth-order valence-electron chi connectivity index (χ4n) is 10.5. The molecule has 376 valence electrons. The standard InChI is InChI=1S/C49H60F2N14O6/c1-27-32(23-53-45(56-27)38-41(60-71-43(38)30-5-6-30)40-39-44(52)54-26-55-46(39)65(59-40)49(2,3)4)29-11-15-64(16-12-29)48(69)70-25-37(67)62-13-9-28(10-14-62)24-61-17-19-63(20-18-61)42-33(50)21-31(22-34(42)51)57-35-7-8-36(66)58-47(35)68/h21-23,26,28-30,35,57H,5-20,24-25H2,1-4H3,(H2,52,54,55)(H,58,66,68)/t35-/m0/s1. The first-order valence-corrected chi connectivity index (χ1v) is 24.7. The summed E-state index contributed by atoms with van der Waals surface area (Å²) < 4.78 is 43.9. The number of nitrogens with one attached hydrogen (secondary N) is 2. The summed E-state index contributed by atoms with van der Waals surface area (Å²) >= 11 is 0. The molecule has 71 heavy (non-hydrogen) atoms. The Bertz CT molecular complexity index is 2830. The number of rotatable bonds is 11. The van der Waals surface area contributed by atoms with Crippen LogP contribution in [0.25, 0.3) is 33.8 Å². The van der Waals surface area contributed by atoms with Gasteiger partial charge in [0.25, 0.3) is 5.91 Å². The highest BCUT2D eigenvalue weighted by Gasteiger charge is 2.38. The van der Waals surface area contributed by atoms with E-state index in [1.807, 2.05) is 38.6 Å². The number of hydrogen-bond acceptors (Lipinski definition) is 16. The number of hydrogen-bond donors (Lipinski definition) is 3. The second-order valence-corrected chi connectivity index (χ2v) is 20.5. The van der Waals surface area contributed by atoms with Crippen LogP contribution in [0.3, 0.4) is 0 Å². The van der Waals surface area contributed by atoms with E-state index in [-0.39, 0.29) is 54.5 Å². The number of carbonyl (C=O) groups is 4. The lowest BCUT2D eigenvalue weighted by molar-refractivity contribution is -0.136. The number of likely N-dealkylation sites (tertiary alicyclic amines) is 2. The molecular formula is C49H60F2N14O6. The fourth-order valence-corrected chi connectivity index (χ4v) is 10.5. The predicted molar refractivity (Wildman–Crippen MR) is 257 cm³/mol. The first-order chi connectivity index (χ1) is 34.1. The summed E-state index contributed by atoms with van der Waals surface area (Å²) in [6.45, 7) is 12.8. The number of imide groups is 1. The van der Waals surface area contributed by atoms with Gasteiger partial charge < -0.3 is 35.0 Å². The molecule has 10 rings (SSSR count). The Kier molecular flexibility index (Phi) is 13.1. The average molecular weight is 979 g/mol. The second-order valence-electron chi connectivity index (χ2n) is 20.5. The molecule has 1 aromatic carbocycles. The molecule has 1 saturated carbocycles. The molecule has 0 spiro atoms. The van der Waals surface area contributed by atoms with Gasteiger partial charge in [0.15, 0.2) is 35.5 Å². The number of piperazine rings is 1. The zero-order chi connectivity index (χ0) is 49.7. The third kappa shape index (κ3) is 9.94. The molecule has 8 heterocycles. The molecule has 4 aromatic heterocycles. The third-order valence-electron chi connectivity index (χ3n) is 14.5. The summed E-state index contributed by atoms with van der Waals surface area (Å²) in [6, 6.07) is 1.63. The van der Waals surface area contributed by atoms with Gasteiger partial charge in [-0.15, -0.1) is 0 Å². The molecule has 1 aliphatic carbocycles. The number of fused-ring (bicyclic) bond motifs is 1. The zero-order valence-corrected chi connectivity index (χ0v) is 40.5. The predicted octanol–water partition coefficient (Wildman–Crippen LogP) is 5.33. The van der Waals surface area contributed by atoms with Gasteiger partial charge in [-0.2, -0.15) is 5.10 Å². The maximum atomic E-state index is 15.3. The van der Waals surface area contributed by atoms with Crippen molar-refractivity contribution in [3.63, 3.8) is 0 Å². The van der Waals surface area contributed by atoms with Crippen LogP contribution in [0, 0.1) is 24.5 Å². The molecule has 5 aromatic rings. The van der Waals surface area contributed by atoms with Crippen molar-refractivity contribution < 1.29 is 37.2 Å². The summed E-state index contributed by atoms with van der Waals surface area (Å²) in [5.41, 5.74) is 10.2. The van der Waals surface area contributed by atoms with Gasteiger partial charge in [0.1, 0.15) is 35.3 Å². The van der Waals surface area contributed by atoms with Crippen LogP contribution < -0.4 is 21.3 Å². The van der Waals surface area contributed by atoms with E-state index in [0.29, 0.717) is 111 Å². The quantitative estimate of drug-likeness (QED) is 0.142. The van der Waals surface area contributed by atoms with Crippen LogP contribution in [0.15, 0.2) is 29.2 Å². The van der Waals surface area contributed by atoms with E-state index in [1.54, 1.807) is 14.7 Å². The number of benzene rings is 1. The van der Waals surface area contributed by atoms with E-state index in [4.69, 9.17) is 30.1 Å². The molecule has 0 unspecified atom stereocenters. The molecule has 1 atom stereocenters. The Hall–Kier alpha value is -6.84. The highest BCUT2D eigenvalue weighted by Crippen LogP contribution is 2.48. The molecule has 20 nitrogen and oxygen atoms in total. The Morgan fingerprint density at radius 2 is 1.59 bits per heavy atom. The van der Waals surface area contributed by atoms with Gasteiger partial charge in [-0.05, 0) is 102 Å². The van der Waals surface area contributed by atoms with Crippen molar-refractivity contribution in [1.29, 1.82) is 0 Å². The Balaban J connectivity index is 0.676. The van der Waals surface area contributed by atoms with Gasteiger partial charge in [-0.1, -0.05) is 5.16 Å². The number of nitrogens with zero attached hydrogens (tertiary/aromatic N) is 11. The van der Waals surface area contributed by atoms with E-state index in [1.165, 1.54) is 18.5 Å². The van der Waals surface area contributed by atoms with Gasteiger partial charge in [-0.25, -0.2) is 38.2 Å². The van der Waals surface area contributed by atoms with Crippen molar-refractivity contribution in [1.82, 2.24) is 54.9 Å². The largest absolute Gasteiger partial charge is 0.439 e. The minimum Gasteiger partial charge on any atom is -0.439 e. The zero-order valence-electron chi connectivity index (χ0n) is 40.5. The monoisotopic (exact) mass is 978 g/mol. The summed E-state index contributed by atoms with van der Waals surface area (Å²) in [5.74, 6) is -0.342. The van der Waals surface area contributed by atoms with Gasteiger partial charge >= 0.3 is 6.09 Å². The number of piperidine rings is 3. The van der Waals surface area contributed by atoms with Gasteiger partial charge in [0.2, 0.25) is 11.8 Å². The van der Waals surface area contributed by atoms with E-state index in [9.17, 15) is 19.2 Å². The minimum atomic E-state index is -0.745. The minimum absolute atomic E-state index is 0.0939. The van der Waals surface area contributed by atoms with Crippen molar-refractivity contribution in [2.45, 2.75) is 102 Å². The summed E-state index contributed by atoms with van der Waals surface area (Å²) in [7, 11) is 0. The van der Waals surface area contributed by atoms with Crippen LogP contribution in [0.5, 0.6) is 0 Å². The lowest BCUT2D eigenvalue weighted by Crippen LogP contribution is -2.50. The maximum Gasteiger partial charge on any atom is 0.410 e. The molecule has 4 saturated heterocycles. The molecule has 4 N–H and O–H groups in total. The Labute approximate surface area is 409 Å². The van der Waals surface area contributed by atoms with Crippen LogP contribution in [0.1, 0.15) is 101 Å². The SMILES string of the molecule is Cc1nc(-c2c(-c3nn(C(C)(C)C)c4ncnc(N)c34)noc2C2CC2)ncc1C1CCN(C(=O)OCC(=O)N2CCC(CN3CCN(c4c(F)cc(N[C@H]5CCC(=O)NC5=O)cc4F)CC3)CC2)CC1. The molecular weight excluding hydrogens is 919 g/mol. The topological polar surface area (TPSA) is 236 Å². The van der Waals surface area contributed by atoms with E-state index >= 15 is 8.78 Å². The Morgan fingerprint density at radius 3 is 2.25 bits per heavy atom. The number of carbonyl (C=O) groups excluding carboxylic acids is 4. The van der Waals surface area contributed by atoms with Gasteiger partial charge in [-0.3, -0.25) is 24.6 Å². The van der Waals surface area contributed by atoms with E-state index < -0.39 is 35.2 Å². The average Bonchev–Trinajstić information content (AvgIpc) is 3.96. The summed E-state index contributed by atoms with van der Waals surface area (Å²) in [4.78, 5) is 76.1. The lowest BCUT2D eigenvalue weighted by Gasteiger charge is -2.39. The molecule has 0 radical (unpaired) electrons. The second kappa shape index (κ2) is 19.4. The van der Waals surface area contributed by atoms with Crippen LogP contribution in [-0.2, 0) is 24.7 Å². The number of ether oxygens (including phenoxy) is 1. The number of anilines is 3. The van der Waals surface area contributed by atoms with Crippen LogP contribution in [0.4, 0.5) is 30.8 Å². The molecule has 22 heteroatoms. The molecule has 4 amide bonds. The number of aryl methyl sites for hydroxylation is 1. The number of nitrogen functional groups attached to an aromatic ring is 1. The highest BCUT2D eigenvalue weighted by molar-refractivity contribution is 6.02. The number of nitrogens with two attached hydrogens (primary N) is 1. The van der Waals surface area contributed by atoms with Crippen molar-refractivity contribution in [2.24, 2.45) is 5.92 Å². The summed E-state index contributed by atoms with van der Waals surface area (Å²) in [6.07, 6.45) is 8.12. The fraction of sp³-hybridized carbons (Fsp3) is 0.551. The number of amides is 4. The normalized spacial score (nSPS) is 19.9. The van der Waals surface area contributed by atoms with E-state index in [2.05, 4.69) is 30.7 Å². The van der Waals surface area contributed by atoms with Gasteiger partial charge in [0.05, 0.1) is 16.5 Å². The first kappa shape index (κ1) is 47.8. The van der Waals surface area contributed by atoms with Crippen molar-refractivity contribution >= 4 is 52.0 Å². The molecule has 5 fully saturated rings. The van der Waals surface area contributed by atoms with Crippen LogP contribution in [0.2, 0.25) is 0 Å². The summed E-state index contributed by atoms with van der Waals surface area (Å²) in [5, 5.41) is 15.2. The van der Waals surface area contributed by atoms with E-state index in [0.717, 1.165) is 49.2 Å².